The van der Waals surface area contributed by atoms with Crippen LogP contribution in [-0.2, 0) is 33.8 Å². The molecule has 0 spiro atoms. The monoisotopic (exact) mass is 711 g/mol. The van der Waals surface area contributed by atoms with Crippen molar-refractivity contribution in [3.8, 4) is 11.5 Å². The number of amides is 2. The molecule has 0 radical (unpaired) electrons. The number of likely N-dealkylation sites (tertiary alicyclic amines) is 1. The SMILES string of the molecule is C=C[C@@H]1C[C@]1(NC(=O)[C@@H]1C[C@@H](Oc2ccnc3cc(OC)ccc23)CN1C(=O)[C@@H](CC(=O)OC(C)(C)C)C(C)(C)C)C(=O)CS(=O)(=O)C1CC1. The number of carbonyl (C=O) groups is 4. The Hall–Kier alpha value is -4.00. The number of hydrogen-bond donors (Lipinski definition) is 1. The number of ketones is 1. The molecule has 272 valence electrons. The second-order valence-electron chi connectivity index (χ2n) is 15.8. The molecule has 2 amide bonds. The van der Waals surface area contributed by atoms with Gasteiger partial charge in [-0.15, -0.1) is 6.58 Å². The summed E-state index contributed by atoms with van der Waals surface area (Å²) in [5.74, 6) is -2.96. The normalized spacial score (nSPS) is 24.3. The number of ether oxygens (including phenoxy) is 3. The highest BCUT2D eigenvalue weighted by molar-refractivity contribution is 7.93. The van der Waals surface area contributed by atoms with Crippen molar-refractivity contribution in [2.75, 3.05) is 19.4 Å². The van der Waals surface area contributed by atoms with Gasteiger partial charge in [0.1, 0.15) is 40.5 Å². The maximum Gasteiger partial charge on any atom is 0.307 e. The first-order valence-electron chi connectivity index (χ1n) is 17.1. The molecule has 3 fully saturated rings. The summed E-state index contributed by atoms with van der Waals surface area (Å²) in [6, 6.07) is 6.02. The molecule has 1 aromatic carbocycles. The number of carbonyl (C=O) groups excluding carboxylic acids is 4. The van der Waals surface area contributed by atoms with Gasteiger partial charge in [0, 0.05) is 30.0 Å². The van der Waals surface area contributed by atoms with Crippen molar-refractivity contribution in [2.45, 2.75) is 102 Å². The van der Waals surface area contributed by atoms with Gasteiger partial charge >= 0.3 is 5.97 Å². The highest BCUT2D eigenvalue weighted by Crippen LogP contribution is 2.46. The molecule has 50 heavy (non-hydrogen) atoms. The van der Waals surface area contributed by atoms with E-state index in [0.717, 1.165) is 0 Å². The Balaban J connectivity index is 1.44. The average molecular weight is 712 g/mol. The minimum absolute atomic E-state index is 0.0275. The molecule has 2 heterocycles. The fraction of sp³-hybridized carbons (Fsp3) is 0.595. The maximum absolute atomic E-state index is 14.5. The number of pyridine rings is 1. The summed E-state index contributed by atoms with van der Waals surface area (Å²) >= 11 is 0. The van der Waals surface area contributed by atoms with E-state index in [1.165, 1.54) is 4.90 Å². The van der Waals surface area contributed by atoms with Crippen molar-refractivity contribution < 1.29 is 41.8 Å². The topological polar surface area (TPSA) is 158 Å². The molecule has 3 aliphatic rings. The summed E-state index contributed by atoms with van der Waals surface area (Å²) < 4.78 is 42.9. The van der Waals surface area contributed by atoms with Crippen LogP contribution in [-0.4, -0.2) is 89.8 Å². The summed E-state index contributed by atoms with van der Waals surface area (Å²) in [5, 5.41) is 3.05. The molecule has 2 aliphatic carbocycles. The molecule has 1 aromatic heterocycles. The molecule has 5 atom stereocenters. The Morgan fingerprint density at radius 3 is 2.40 bits per heavy atom. The van der Waals surface area contributed by atoms with Crippen LogP contribution in [0.15, 0.2) is 43.1 Å². The lowest BCUT2D eigenvalue weighted by Gasteiger charge is -2.35. The van der Waals surface area contributed by atoms with Crippen molar-refractivity contribution in [3.05, 3.63) is 43.1 Å². The number of sulfone groups is 1. The number of fused-ring (bicyclic) bond motifs is 1. The largest absolute Gasteiger partial charge is 0.497 e. The first kappa shape index (κ1) is 37.3. The van der Waals surface area contributed by atoms with Crippen molar-refractivity contribution in [3.63, 3.8) is 0 Å². The van der Waals surface area contributed by atoms with Gasteiger partial charge in [0.05, 0.1) is 36.8 Å². The van der Waals surface area contributed by atoms with Gasteiger partial charge in [-0.1, -0.05) is 26.8 Å². The van der Waals surface area contributed by atoms with E-state index >= 15 is 0 Å². The predicted octanol–water partition coefficient (Wildman–Crippen LogP) is 4.19. The Kier molecular flexibility index (Phi) is 10.1. The summed E-state index contributed by atoms with van der Waals surface area (Å²) in [6.45, 7) is 14.6. The minimum Gasteiger partial charge on any atom is -0.497 e. The van der Waals surface area contributed by atoms with Gasteiger partial charge in [-0.25, -0.2) is 8.42 Å². The number of nitrogens with one attached hydrogen (secondary N) is 1. The Labute approximate surface area is 294 Å². The zero-order valence-electron chi connectivity index (χ0n) is 30.0. The first-order valence-corrected chi connectivity index (χ1v) is 18.8. The number of hydrogen-bond acceptors (Lipinski definition) is 10. The Morgan fingerprint density at radius 1 is 1.12 bits per heavy atom. The predicted molar refractivity (Wildman–Crippen MR) is 187 cm³/mol. The molecule has 2 saturated carbocycles. The highest BCUT2D eigenvalue weighted by atomic mass is 32.2. The standard InChI is InChI=1S/C37H49N3O9S/c1-9-22-19-37(22,31(41)21-50(45,46)25-11-12-25)39-33(43)29-17-24(48-30-14-15-38-28-16-23(47-8)10-13-26(28)30)20-40(29)34(44)27(35(2,3)4)18-32(42)49-36(5,6)7/h9-10,13-16,22,24-25,27,29H,1,11-12,17-21H2,2-8H3,(H,39,43)/t22-,24-,27-,29+,37-/m1/s1. The van der Waals surface area contributed by atoms with Crippen LogP contribution in [0, 0.1) is 17.3 Å². The smallest absolute Gasteiger partial charge is 0.307 e. The summed E-state index contributed by atoms with van der Waals surface area (Å²) in [7, 11) is -2.07. The molecular weight excluding hydrogens is 662 g/mol. The number of rotatable bonds is 13. The van der Waals surface area contributed by atoms with Gasteiger partial charge < -0.3 is 24.4 Å². The average Bonchev–Trinajstić information content (AvgIpc) is 3.95. The number of esters is 1. The van der Waals surface area contributed by atoms with E-state index in [9.17, 15) is 27.6 Å². The second-order valence-corrected chi connectivity index (χ2v) is 18.1. The van der Waals surface area contributed by atoms with Gasteiger partial charge in [0.25, 0.3) is 0 Å². The lowest BCUT2D eigenvalue weighted by Crippen LogP contribution is -2.55. The van der Waals surface area contributed by atoms with Crippen molar-refractivity contribution in [1.29, 1.82) is 0 Å². The van der Waals surface area contributed by atoms with E-state index in [1.54, 1.807) is 58.4 Å². The summed E-state index contributed by atoms with van der Waals surface area (Å²) in [4.78, 5) is 61.2. The van der Waals surface area contributed by atoms with Gasteiger partial charge in [0.15, 0.2) is 15.6 Å². The second kappa shape index (κ2) is 13.6. The number of nitrogens with zero attached hydrogens (tertiary/aromatic N) is 2. The van der Waals surface area contributed by atoms with Crippen LogP contribution in [0.25, 0.3) is 10.9 Å². The number of methoxy groups -OCH3 is 1. The molecule has 0 bridgehead atoms. The summed E-state index contributed by atoms with van der Waals surface area (Å²) in [5.41, 5.74) is -2.23. The summed E-state index contributed by atoms with van der Waals surface area (Å²) in [6.07, 6.45) is 3.67. The van der Waals surface area contributed by atoms with Crippen molar-refractivity contribution in [1.82, 2.24) is 15.2 Å². The van der Waals surface area contributed by atoms with Crippen LogP contribution in [0.2, 0.25) is 0 Å². The molecule has 12 nitrogen and oxygen atoms in total. The molecule has 1 N–H and O–H groups in total. The van der Waals surface area contributed by atoms with E-state index in [-0.39, 0.29) is 25.8 Å². The Morgan fingerprint density at radius 2 is 1.82 bits per heavy atom. The Bertz CT molecular complexity index is 1790. The molecule has 2 aromatic rings. The third-order valence-corrected chi connectivity index (χ3v) is 11.8. The quantitative estimate of drug-likeness (QED) is 0.236. The molecule has 0 unspecified atom stereocenters. The minimum atomic E-state index is -3.63. The van der Waals surface area contributed by atoms with Crippen LogP contribution < -0.4 is 14.8 Å². The lowest BCUT2D eigenvalue weighted by molar-refractivity contribution is -0.161. The fourth-order valence-corrected chi connectivity index (χ4v) is 8.38. The van der Waals surface area contributed by atoms with E-state index in [2.05, 4.69) is 16.9 Å². The molecule has 13 heteroatoms. The van der Waals surface area contributed by atoms with Gasteiger partial charge in [-0.2, -0.15) is 0 Å². The first-order chi connectivity index (χ1) is 23.3. The van der Waals surface area contributed by atoms with E-state index in [4.69, 9.17) is 14.2 Å². The lowest BCUT2D eigenvalue weighted by atomic mass is 9.77. The zero-order valence-corrected chi connectivity index (χ0v) is 30.8. The van der Waals surface area contributed by atoms with Crippen LogP contribution >= 0.6 is 0 Å². The van der Waals surface area contributed by atoms with Crippen molar-refractivity contribution >= 4 is 44.3 Å². The zero-order chi connectivity index (χ0) is 36.8. The number of aromatic nitrogens is 1. The van der Waals surface area contributed by atoms with Gasteiger partial charge in [0.2, 0.25) is 11.8 Å². The molecule has 1 aliphatic heterocycles. The van der Waals surface area contributed by atoms with Crippen LogP contribution in [0.4, 0.5) is 0 Å². The van der Waals surface area contributed by atoms with E-state index in [1.807, 2.05) is 26.8 Å². The molecule has 1 saturated heterocycles. The van der Waals surface area contributed by atoms with Crippen molar-refractivity contribution in [2.24, 2.45) is 17.3 Å². The fourth-order valence-electron chi connectivity index (χ4n) is 6.67. The third kappa shape index (κ3) is 8.14. The highest BCUT2D eigenvalue weighted by Gasteiger charge is 2.61. The van der Waals surface area contributed by atoms with Gasteiger partial charge in [-0.05, 0) is 63.6 Å². The van der Waals surface area contributed by atoms with Crippen LogP contribution in [0.5, 0.6) is 11.5 Å². The van der Waals surface area contributed by atoms with E-state index < -0.39 is 84.9 Å². The molecular formula is C37H49N3O9S. The van der Waals surface area contributed by atoms with Gasteiger partial charge in [-0.3, -0.25) is 24.2 Å². The van der Waals surface area contributed by atoms with E-state index in [0.29, 0.717) is 35.2 Å². The molecule has 5 rings (SSSR count). The van der Waals surface area contributed by atoms with Crippen LogP contribution in [0.3, 0.4) is 0 Å². The number of benzene rings is 1. The van der Waals surface area contributed by atoms with Crippen LogP contribution in [0.1, 0.15) is 73.6 Å². The maximum atomic E-state index is 14.5. The number of Topliss-reactive ketones (excluding diaryl/α,β-unsaturated/α-hetero) is 1. The third-order valence-electron chi connectivity index (χ3n) is 9.69.